The molecular formula is C11H15Na2O4P. The standard InChI is InChI=1S/C11H15O4P.2Na/c1-3-16(14)15-11(2,10(12)13)9-7-5-4-6-8-9;;/h4-8,16H,3H2,1-2H3,(H,12,13);;. The molecule has 0 aliphatic carbocycles. The second kappa shape index (κ2) is 9.73. The first-order chi connectivity index (χ1) is 7.50. The Bertz CT molecular complexity index is 399. The van der Waals surface area contributed by atoms with Gasteiger partial charge in [-0.15, -0.1) is 0 Å². The van der Waals surface area contributed by atoms with Crippen molar-refractivity contribution in [3.63, 3.8) is 0 Å². The zero-order chi connectivity index (χ0) is 12.2. The summed E-state index contributed by atoms with van der Waals surface area (Å²) in [6.45, 7) is 3.12. The maximum absolute atomic E-state index is 11.4. The molecule has 0 fully saturated rings. The summed E-state index contributed by atoms with van der Waals surface area (Å²) in [5.41, 5.74) is -1.04. The molecule has 0 aliphatic heterocycles. The Morgan fingerprint density at radius 2 is 1.83 bits per heavy atom. The van der Waals surface area contributed by atoms with Crippen LogP contribution in [0.15, 0.2) is 30.3 Å². The van der Waals surface area contributed by atoms with Gasteiger partial charge in [0.25, 0.3) is 0 Å². The molecule has 0 saturated heterocycles. The summed E-state index contributed by atoms with van der Waals surface area (Å²) in [6, 6.07) is 8.54. The fourth-order valence-corrected chi connectivity index (χ4v) is 2.09. The molecule has 0 saturated carbocycles. The van der Waals surface area contributed by atoms with Crippen molar-refractivity contribution in [2.75, 3.05) is 6.16 Å². The van der Waals surface area contributed by atoms with Crippen LogP contribution in [-0.2, 0) is 19.5 Å². The zero-order valence-corrected chi connectivity index (χ0v) is 16.3. The molecular weight excluding hydrogens is 273 g/mol. The van der Waals surface area contributed by atoms with Gasteiger partial charge in [0.1, 0.15) is 0 Å². The van der Waals surface area contributed by atoms with Crippen molar-refractivity contribution < 1.29 is 19.0 Å². The van der Waals surface area contributed by atoms with Gasteiger partial charge < -0.3 is 9.63 Å². The molecule has 1 N–H and O–H groups in total. The Morgan fingerprint density at radius 1 is 1.33 bits per heavy atom. The summed E-state index contributed by atoms with van der Waals surface area (Å²) in [5.74, 6) is -1.13. The molecule has 2 unspecified atom stereocenters. The summed E-state index contributed by atoms with van der Waals surface area (Å²) in [7, 11) is -2.31. The molecule has 4 nitrogen and oxygen atoms in total. The summed E-state index contributed by atoms with van der Waals surface area (Å²) in [5, 5.41) is 9.18. The summed E-state index contributed by atoms with van der Waals surface area (Å²) in [4.78, 5) is 11.2. The van der Waals surface area contributed by atoms with Gasteiger partial charge in [0.15, 0.2) is 13.6 Å². The molecule has 2 atom stereocenters. The van der Waals surface area contributed by atoms with E-state index in [2.05, 4.69) is 0 Å². The first kappa shape index (κ1) is 21.2. The topological polar surface area (TPSA) is 63.6 Å². The molecule has 1 rings (SSSR count). The molecule has 0 aromatic heterocycles. The number of benzene rings is 1. The van der Waals surface area contributed by atoms with E-state index in [4.69, 9.17) is 4.52 Å². The molecule has 18 heavy (non-hydrogen) atoms. The van der Waals surface area contributed by atoms with Crippen LogP contribution < -0.4 is 0 Å². The average Bonchev–Trinajstić information content (AvgIpc) is 2.29. The number of carboxylic acids is 1. The Balaban J connectivity index is 0. The molecule has 0 amide bonds. The maximum Gasteiger partial charge on any atom is 0.340 e. The SMILES string of the molecule is CC[PH](=O)OC(C)(C(=O)O)c1ccccc1.[Na].[Na]. The van der Waals surface area contributed by atoms with Gasteiger partial charge in [0.2, 0.25) is 0 Å². The summed E-state index contributed by atoms with van der Waals surface area (Å²) >= 11 is 0. The van der Waals surface area contributed by atoms with Gasteiger partial charge in [-0.05, 0) is 12.5 Å². The molecule has 0 spiro atoms. The number of hydrogen-bond donors (Lipinski definition) is 1. The third-order valence-electron chi connectivity index (χ3n) is 2.34. The number of carbonyl (C=O) groups is 1. The van der Waals surface area contributed by atoms with E-state index in [-0.39, 0.29) is 59.1 Å². The van der Waals surface area contributed by atoms with Crippen LogP contribution in [0.3, 0.4) is 0 Å². The van der Waals surface area contributed by atoms with Crippen molar-refractivity contribution in [1.82, 2.24) is 0 Å². The Morgan fingerprint density at radius 3 is 2.22 bits per heavy atom. The van der Waals surface area contributed by atoms with Crippen molar-refractivity contribution in [2.45, 2.75) is 19.4 Å². The molecule has 1 aromatic carbocycles. The Hall–Kier alpha value is 0.880. The molecule has 0 heterocycles. The van der Waals surface area contributed by atoms with Crippen molar-refractivity contribution in [3.8, 4) is 0 Å². The van der Waals surface area contributed by atoms with Gasteiger partial charge in [-0.2, -0.15) is 0 Å². The summed E-state index contributed by atoms with van der Waals surface area (Å²) < 4.78 is 16.6. The molecule has 90 valence electrons. The fraction of sp³-hybridized carbons (Fsp3) is 0.364. The molecule has 7 heteroatoms. The summed E-state index contributed by atoms with van der Waals surface area (Å²) in [6.07, 6.45) is 0.334. The van der Waals surface area contributed by atoms with Gasteiger partial charge in [0, 0.05) is 65.3 Å². The normalized spacial score (nSPS) is 14.6. The average molecular weight is 288 g/mol. The van der Waals surface area contributed by atoms with Crippen molar-refractivity contribution in [2.24, 2.45) is 0 Å². The molecule has 0 aliphatic rings. The van der Waals surface area contributed by atoms with E-state index in [1.807, 2.05) is 0 Å². The van der Waals surface area contributed by atoms with E-state index in [0.717, 1.165) is 0 Å². The van der Waals surface area contributed by atoms with E-state index in [0.29, 0.717) is 11.7 Å². The Labute approximate surface area is 152 Å². The number of carboxylic acid groups (broad SMARTS) is 1. The second-order valence-corrected chi connectivity index (χ2v) is 5.19. The third kappa shape index (κ3) is 5.48. The monoisotopic (exact) mass is 288 g/mol. The van der Waals surface area contributed by atoms with Crippen LogP contribution in [0.25, 0.3) is 0 Å². The molecule has 0 bridgehead atoms. The van der Waals surface area contributed by atoms with E-state index in [1.54, 1.807) is 37.3 Å². The molecule has 2 radical (unpaired) electrons. The van der Waals surface area contributed by atoms with Gasteiger partial charge in [-0.1, -0.05) is 37.3 Å². The predicted octanol–water partition coefficient (Wildman–Crippen LogP) is 1.74. The van der Waals surface area contributed by atoms with Crippen LogP contribution in [0.5, 0.6) is 0 Å². The zero-order valence-electron chi connectivity index (χ0n) is 11.3. The van der Waals surface area contributed by atoms with Crippen LogP contribution in [0, 0.1) is 0 Å². The maximum atomic E-state index is 11.4. The second-order valence-electron chi connectivity index (χ2n) is 3.53. The molecule has 1 aromatic rings. The van der Waals surface area contributed by atoms with Gasteiger partial charge in [-0.3, -0.25) is 4.57 Å². The van der Waals surface area contributed by atoms with Gasteiger partial charge >= 0.3 is 5.97 Å². The van der Waals surface area contributed by atoms with Crippen LogP contribution >= 0.6 is 8.03 Å². The number of rotatable bonds is 5. The van der Waals surface area contributed by atoms with Crippen LogP contribution in [0.2, 0.25) is 0 Å². The number of hydrogen-bond acceptors (Lipinski definition) is 3. The van der Waals surface area contributed by atoms with Gasteiger partial charge in [-0.25, -0.2) is 4.79 Å². The Kier molecular flexibility index (Phi) is 11.5. The minimum Gasteiger partial charge on any atom is -0.479 e. The van der Waals surface area contributed by atoms with Crippen molar-refractivity contribution in [1.29, 1.82) is 0 Å². The van der Waals surface area contributed by atoms with E-state index >= 15 is 0 Å². The number of aliphatic carboxylic acids is 1. The van der Waals surface area contributed by atoms with E-state index in [9.17, 15) is 14.5 Å². The quantitative estimate of drug-likeness (QED) is 0.662. The first-order valence-corrected chi connectivity index (χ1v) is 6.54. The van der Waals surface area contributed by atoms with Gasteiger partial charge in [0.05, 0.1) is 0 Å². The predicted molar refractivity (Wildman–Crippen MR) is 73.6 cm³/mol. The minimum absolute atomic E-state index is 0. The van der Waals surface area contributed by atoms with Crippen LogP contribution in [0.4, 0.5) is 0 Å². The minimum atomic E-state index is -2.31. The largest absolute Gasteiger partial charge is 0.479 e. The fourth-order valence-electron chi connectivity index (χ4n) is 1.28. The first-order valence-electron chi connectivity index (χ1n) is 5.01. The van der Waals surface area contributed by atoms with E-state index < -0.39 is 19.6 Å². The third-order valence-corrected chi connectivity index (χ3v) is 3.55. The van der Waals surface area contributed by atoms with Crippen molar-refractivity contribution in [3.05, 3.63) is 35.9 Å². The van der Waals surface area contributed by atoms with E-state index in [1.165, 1.54) is 6.92 Å². The van der Waals surface area contributed by atoms with Crippen LogP contribution in [0.1, 0.15) is 19.4 Å². The van der Waals surface area contributed by atoms with Crippen molar-refractivity contribution >= 4 is 73.1 Å². The smallest absolute Gasteiger partial charge is 0.340 e. The van der Waals surface area contributed by atoms with Crippen LogP contribution in [-0.4, -0.2) is 76.4 Å².